The Morgan fingerprint density at radius 1 is 1.05 bits per heavy atom. The highest BCUT2D eigenvalue weighted by molar-refractivity contribution is 9.09. The Hall–Kier alpha value is -1.77. The second kappa shape index (κ2) is 12.6. The molecule has 2 aliphatic carbocycles. The number of rotatable bonds is 4. The fourth-order valence-electron chi connectivity index (χ4n) is 8.29. The summed E-state index contributed by atoms with van der Waals surface area (Å²) in [6.45, 7) is 4.00. The maximum atomic E-state index is 14.6. The fourth-order valence-corrected chi connectivity index (χ4v) is 9.09. The average Bonchev–Trinajstić information content (AvgIpc) is 3.43. The maximum Gasteiger partial charge on any atom is 0.393 e. The van der Waals surface area contributed by atoms with Gasteiger partial charge in [-0.25, -0.2) is 4.39 Å². The third-order valence-electron chi connectivity index (χ3n) is 10.4. The highest BCUT2D eigenvalue weighted by Gasteiger charge is 2.56. The molecule has 5 fully saturated rings. The van der Waals surface area contributed by atoms with Gasteiger partial charge in [-0.05, 0) is 38.5 Å². The Labute approximate surface area is 257 Å². The van der Waals surface area contributed by atoms with E-state index in [2.05, 4.69) is 31.5 Å². The zero-order valence-electron chi connectivity index (χ0n) is 24.0. The molecule has 240 valence electrons. The molecule has 3 saturated heterocycles. The second-order valence-electron chi connectivity index (χ2n) is 13.0. The van der Waals surface area contributed by atoms with E-state index in [0.29, 0.717) is 71.5 Å². The second-order valence-corrected chi connectivity index (χ2v) is 14.3. The number of amides is 3. The molecule has 43 heavy (non-hydrogen) atoms. The van der Waals surface area contributed by atoms with E-state index in [9.17, 15) is 31.9 Å². The molecule has 2 N–H and O–H groups in total. The van der Waals surface area contributed by atoms with Crippen LogP contribution < -0.4 is 10.6 Å². The molecule has 8 unspecified atom stereocenters. The highest BCUT2D eigenvalue weighted by Crippen LogP contribution is 2.46. The summed E-state index contributed by atoms with van der Waals surface area (Å²) in [5.41, 5.74) is 0.237. The summed E-state index contributed by atoms with van der Waals surface area (Å²) in [5.74, 6) is -4.19. The largest absolute Gasteiger partial charge is 0.393 e. The highest BCUT2D eigenvalue weighted by atomic mass is 79.9. The molecule has 4 aliphatic heterocycles. The minimum atomic E-state index is -4.49. The van der Waals surface area contributed by atoms with Crippen LogP contribution in [0.4, 0.5) is 17.6 Å². The van der Waals surface area contributed by atoms with Gasteiger partial charge in [-0.2, -0.15) is 13.2 Å². The summed E-state index contributed by atoms with van der Waals surface area (Å²) in [4.78, 5) is 44.9. The Morgan fingerprint density at radius 2 is 1.86 bits per heavy atom. The van der Waals surface area contributed by atoms with E-state index >= 15 is 0 Å². The summed E-state index contributed by atoms with van der Waals surface area (Å²) in [7, 11) is 0. The number of hydrogen-bond acceptors (Lipinski definition) is 6. The van der Waals surface area contributed by atoms with Crippen LogP contribution in [-0.2, 0) is 19.1 Å². The first kappa shape index (κ1) is 31.2. The molecule has 0 radical (unpaired) electrons. The standard InChI is InChI=1S/C29H40BrF4N5O4/c30-16-10-21(28(42)39-7-6-37-8-9-43-15-18(37)14-39)26(22(11-16)29(32,33)34)38-5-4-17(13-38)35-27(41)20-12-24(40)36-25-19(20)2-1-3-23(25)31/h12,16-19,21-23,25-26H,1-11,13-15H2,(H,35,41)(H,36,40)/t16?,17-,18?,19?,21?,22?,23?,25?,26?/m1/s1. The Bertz CT molecular complexity index is 1130. The molecule has 0 aromatic rings. The van der Waals surface area contributed by atoms with Crippen molar-refractivity contribution in [1.29, 1.82) is 0 Å². The third kappa shape index (κ3) is 6.48. The van der Waals surface area contributed by atoms with Crippen LogP contribution in [0.15, 0.2) is 11.6 Å². The first-order chi connectivity index (χ1) is 20.5. The van der Waals surface area contributed by atoms with Crippen molar-refractivity contribution in [3.05, 3.63) is 11.6 Å². The smallest absolute Gasteiger partial charge is 0.378 e. The number of morpholine rings is 1. The van der Waals surface area contributed by atoms with Crippen molar-refractivity contribution in [2.75, 3.05) is 52.5 Å². The molecule has 6 aliphatic rings. The predicted molar refractivity (Wildman–Crippen MR) is 152 cm³/mol. The van der Waals surface area contributed by atoms with Crippen LogP contribution in [0, 0.1) is 17.8 Å². The van der Waals surface area contributed by atoms with Gasteiger partial charge in [0.1, 0.15) is 6.17 Å². The normalized spacial score (nSPS) is 39.4. The lowest BCUT2D eigenvalue weighted by Crippen LogP contribution is -2.63. The van der Waals surface area contributed by atoms with E-state index in [-0.39, 0.29) is 30.5 Å². The number of alkyl halides is 5. The number of nitrogens with zero attached hydrogens (tertiary/aromatic N) is 3. The molecule has 0 bridgehead atoms. The SMILES string of the molecule is O=C1C=C(C(=O)N[C@@H]2CCN(C3C(C(=O)N4CCN5CCOCC5C4)CC(Br)CC3C(F)(F)F)C2)C2CCCC(F)C2N1. The van der Waals surface area contributed by atoms with Gasteiger partial charge in [0.05, 0.1) is 37.1 Å². The van der Waals surface area contributed by atoms with Gasteiger partial charge < -0.3 is 20.3 Å². The number of carbonyl (C=O) groups is 3. The van der Waals surface area contributed by atoms with E-state index in [4.69, 9.17) is 4.74 Å². The van der Waals surface area contributed by atoms with Gasteiger partial charge >= 0.3 is 6.18 Å². The zero-order valence-corrected chi connectivity index (χ0v) is 25.6. The van der Waals surface area contributed by atoms with Crippen molar-refractivity contribution in [2.24, 2.45) is 17.8 Å². The quantitative estimate of drug-likeness (QED) is 0.350. The van der Waals surface area contributed by atoms with Crippen LogP contribution in [0.1, 0.15) is 38.5 Å². The minimum absolute atomic E-state index is 0.0469. The molecular formula is C29H40BrF4N5O4. The van der Waals surface area contributed by atoms with Gasteiger partial charge in [-0.3, -0.25) is 24.2 Å². The minimum Gasteiger partial charge on any atom is -0.378 e. The lowest BCUT2D eigenvalue weighted by Gasteiger charge is -2.48. The van der Waals surface area contributed by atoms with Gasteiger partial charge in [-0.15, -0.1) is 0 Å². The Kier molecular flexibility index (Phi) is 9.11. The van der Waals surface area contributed by atoms with E-state index < -0.39 is 64.9 Å². The summed E-state index contributed by atoms with van der Waals surface area (Å²) in [6, 6.07) is -2.19. The molecular weight excluding hydrogens is 638 g/mol. The number of halogens is 5. The molecule has 0 aromatic carbocycles. The van der Waals surface area contributed by atoms with Crippen molar-refractivity contribution < 1.29 is 36.7 Å². The molecule has 2 saturated carbocycles. The van der Waals surface area contributed by atoms with Crippen molar-refractivity contribution in [2.45, 2.75) is 79.9 Å². The first-order valence-electron chi connectivity index (χ1n) is 15.5. The number of ether oxygens (including phenoxy) is 1. The third-order valence-corrected chi connectivity index (χ3v) is 11.1. The molecule has 4 heterocycles. The number of hydrogen-bond donors (Lipinski definition) is 2. The van der Waals surface area contributed by atoms with Crippen LogP contribution >= 0.6 is 15.9 Å². The predicted octanol–water partition coefficient (Wildman–Crippen LogP) is 2.00. The van der Waals surface area contributed by atoms with Crippen molar-refractivity contribution in [3.63, 3.8) is 0 Å². The molecule has 0 aromatic heterocycles. The van der Waals surface area contributed by atoms with E-state index in [0.717, 1.165) is 6.54 Å². The van der Waals surface area contributed by atoms with Crippen LogP contribution in [0.2, 0.25) is 0 Å². The first-order valence-corrected chi connectivity index (χ1v) is 16.4. The van der Waals surface area contributed by atoms with Crippen LogP contribution in [0.5, 0.6) is 0 Å². The summed E-state index contributed by atoms with van der Waals surface area (Å²) in [5, 5.41) is 5.57. The number of piperazine rings is 1. The van der Waals surface area contributed by atoms with Gasteiger partial charge in [0.15, 0.2) is 0 Å². The number of likely N-dealkylation sites (tertiary alicyclic amines) is 1. The van der Waals surface area contributed by atoms with E-state index in [1.165, 1.54) is 6.08 Å². The van der Waals surface area contributed by atoms with Crippen molar-refractivity contribution in [3.8, 4) is 0 Å². The van der Waals surface area contributed by atoms with Crippen LogP contribution in [0.25, 0.3) is 0 Å². The monoisotopic (exact) mass is 677 g/mol. The average molecular weight is 679 g/mol. The van der Waals surface area contributed by atoms with Gasteiger partial charge in [0, 0.05) is 73.7 Å². The molecule has 0 spiro atoms. The molecule has 9 nitrogen and oxygen atoms in total. The lowest BCUT2D eigenvalue weighted by atomic mass is 9.74. The van der Waals surface area contributed by atoms with Crippen molar-refractivity contribution in [1.82, 2.24) is 25.3 Å². The van der Waals surface area contributed by atoms with E-state index in [1.807, 2.05) is 0 Å². The summed E-state index contributed by atoms with van der Waals surface area (Å²) >= 11 is 3.43. The molecule has 3 amide bonds. The topological polar surface area (TPSA) is 94.2 Å². The fraction of sp³-hybridized carbons (Fsp3) is 0.828. The van der Waals surface area contributed by atoms with Gasteiger partial charge in [0.2, 0.25) is 17.7 Å². The summed E-state index contributed by atoms with van der Waals surface area (Å²) in [6.07, 6.45) is -2.38. The number of carbonyl (C=O) groups excluding carboxylic acids is 3. The summed E-state index contributed by atoms with van der Waals surface area (Å²) < 4.78 is 63.8. The maximum absolute atomic E-state index is 14.6. The number of fused-ring (bicyclic) bond motifs is 2. The molecule has 14 heteroatoms. The number of nitrogens with one attached hydrogen (secondary N) is 2. The lowest BCUT2D eigenvalue weighted by molar-refractivity contribution is -0.206. The van der Waals surface area contributed by atoms with E-state index in [1.54, 1.807) is 9.80 Å². The van der Waals surface area contributed by atoms with Gasteiger partial charge in [0.25, 0.3) is 0 Å². The van der Waals surface area contributed by atoms with Crippen molar-refractivity contribution >= 4 is 33.7 Å². The zero-order chi connectivity index (χ0) is 30.5. The van der Waals surface area contributed by atoms with Crippen LogP contribution in [0.3, 0.4) is 0 Å². The molecule has 6 rings (SSSR count). The van der Waals surface area contributed by atoms with Crippen LogP contribution in [-0.4, -0.2) is 126 Å². The van der Waals surface area contributed by atoms with Gasteiger partial charge in [-0.1, -0.05) is 15.9 Å². The Morgan fingerprint density at radius 3 is 2.65 bits per heavy atom. The Balaban J connectivity index is 1.17. The molecule has 9 atom stereocenters.